The number of hydrogen-bond acceptors (Lipinski definition) is 6. The fourth-order valence-corrected chi connectivity index (χ4v) is 4.24. The minimum atomic E-state index is -0.0863. The van der Waals surface area contributed by atoms with Crippen molar-refractivity contribution in [3.63, 3.8) is 0 Å². The first-order chi connectivity index (χ1) is 15.6. The van der Waals surface area contributed by atoms with Gasteiger partial charge in [0.15, 0.2) is 0 Å². The Morgan fingerprint density at radius 3 is 2.50 bits per heavy atom. The number of aromatic hydroxyl groups is 1. The summed E-state index contributed by atoms with van der Waals surface area (Å²) in [6.45, 7) is 3.53. The lowest BCUT2D eigenvalue weighted by Crippen LogP contribution is -2.48. The molecular weight excluding hydrogens is 406 g/mol. The minimum Gasteiger partial charge on any atom is -0.508 e. The number of ether oxygens (including phenoxy) is 1. The lowest BCUT2D eigenvalue weighted by Gasteiger charge is -2.35. The highest BCUT2D eigenvalue weighted by molar-refractivity contribution is 6.07. The molecular formula is C25H25N3O4. The number of para-hydroxylation sites is 1. The highest BCUT2D eigenvalue weighted by Crippen LogP contribution is 2.36. The molecule has 0 aliphatic carbocycles. The van der Waals surface area contributed by atoms with Gasteiger partial charge < -0.3 is 24.5 Å². The molecule has 1 aliphatic rings. The van der Waals surface area contributed by atoms with Gasteiger partial charge in [0.25, 0.3) is 0 Å². The highest BCUT2D eigenvalue weighted by atomic mass is 16.5. The summed E-state index contributed by atoms with van der Waals surface area (Å²) in [7, 11) is 1.60. The van der Waals surface area contributed by atoms with Crippen LogP contribution in [0.2, 0.25) is 0 Å². The Morgan fingerprint density at radius 1 is 1.00 bits per heavy atom. The molecule has 1 saturated heterocycles. The van der Waals surface area contributed by atoms with Crippen molar-refractivity contribution in [1.29, 1.82) is 0 Å². The molecule has 2 heterocycles. The van der Waals surface area contributed by atoms with E-state index in [2.05, 4.69) is 15.1 Å². The van der Waals surface area contributed by atoms with Gasteiger partial charge in [0, 0.05) is 48.7 Å². The molecule has 7 heteroatoms. The molecule has 0 spiro atoms. The maximum atomic E-state index is 12.8. The van der Waals surface area contributed by atoms with E-state index in [-0.39, 0.29) is 11.7 Å². The van der Waals surface area contributed by atoms with Crippen LogP contribution < -0.4 is 15.0 Å². The lowest BCUT2D eigenvalue weighted by molar-refractivity contribution is -0.117. The van der Waals surface area contributed by atoms with Gasteiger partial charge >= 0.3 is 0 Å². The number of piperazine rings is 1. The smallest absolute Gasteiger partial charge is 0.238 e. The quantitative estimate of drug-likeness (QED) is 0.496. The van der Waals surface area contributed by atoms with E-state index in [0.29, 0.717) is 23.6 Å². The molecule has 1 aromatic heterocycles. The largest absolute Gasteiger partial charge is 0.508 e. The third-order valence-electron chi connectivity index (χ3n) is 5.93. The van der Waals surface area contributed by atoms with Crippen LogP contribution in [0.25, 0.3) is 21.9 Å². The lowest BCUT2D eigenvalue weighted by atomic mass is 10.1. The fraction of sp³-hybridized carbons (Fsp3) is 0.240. The van der Waals surface area contributed by atoms with Gasteiger partial charge in [-0.15, -0.1) is 0 Å². The number of rotatable bonds is 5. The third kappa shape index (κ3) is 3.94. The van der Waals surface area contributed by atoms with Crippen molar-refractivity contribution in [2.45, 2.75) is 0 Å². The first kappa shape index (κ1) is 20.2. The normalized spacial score (nSPS) is 14.7. The maximum absolute atomic E-state index is 12.8. The third-order valence-corrected chi connectivity index (χ3v) is 5.93. The van der Waals surface area contributed by atoms with E-state index < -0.39 is 0 Å². The number of anilines is 2. The summed E-state index contributed by atoms with van der Waals surface area (Å²) < 4.78 is 11.5. The van der Waals surface area contributed by atoms with Gasteiger partial charge in [-0.05, 0) is 36.4 Å². The van der Waals surface area contributed by atoms with Crippen LogP contribution in [0.5, 0.6) is 11.5 Å². The zero-order valence-corrected chi connectivity index (χ0v) is 17.9. The zero-order chi connectivity index (χ0) is 22.1. The summed E-state index contributed by atoms with van der Waals surface area (Å²) in [4.78, 5) is 17.2. The molecule has 32 heavy (non-hydrogen) atoms. The SMILES string of the molecule is COc1cc2c(cc1NC(=O)CN1CCN(c3ccc(O)cc3)CC1)oc1ccccc12. The van der Waals surface area contributed by atoms with Crippen molar-refractivity contribution in [2.24, 2.45) is 0 Å². The van der Waals surface area contributed by atoms with Crippen molar-refractivity contribution >= 4 is 39.2 Å². The fourth-order valence-electron chi connectivity index (χ4n) is 4.24. The summed E-state index contributed by atoms with van der Waals surface area (Å²) in [6.07, 6.45) is 0. The first-order valence-corrected chi connectivity index (χ1v) is 10.7. The number of nitrogens with zero attached hydrogens (tertiary/aromatic N) is 2. The summed E-state index contributed by atoms with van der Waals surface area (Å²) >= 11 is 0. The van der Waals surface area contributed by atoms with Gasteiger partial charge in [0.05, 0.1) is 19.3 Å². The molecule has 0 saturated carbocycles. The number of furan rings is 1. The van der Waals surface area contributed by atoms with Gasteiger partial charge in [0.1, 0.15) is 22.7 Å². The Morgan fingerprint density at radius 2 is 1.75 bits per heavy atom. The number of amides is 1. The molecule has 1 amide bonds. The van der Waals surface area contributed by atoms with Gasteiger partial charge in [-0.3, -0.25) is 9.69 Å². The van der Waals surface area contributed by atoms with Crippen LogP contribution in [0.4, 0.5) is 11.4 Å². The Labute approximate surface area is 185 Å². The van der Waals surface area contributed by atoms with Crippen molar-refractivity contribution < 1.29 is 19.1 Å². The Hall–Kier alpha value is -3.71. The van der Waals surface area contributed by atoms with E-state index in [1.165, 1.54) is 0 Å². The predicted octanol–water partition coefficient (Wildman–Crippen LogP) is 4.06. The monoisotopic (exact) mass is 431 g/mol. The number of fused-ring (bicyclic) bond motifs is 3. The van der Waals surface area contributed by atoms with Crippen molar-refractivity contribution in [3.8, 4) is 11.5 Å². The van der Waals surface area contributed by atoms with Crippen LogP contribution in [0.3, 0.4) is 0 Å². The average Bonchev–Trinajstić information content (AvgIpc) is 3.17. The van der Waals surface area contributed by atoms with Gasteiger partial charge in [0.2, 0.25) is 5.91 Å². The molecule has 7 nitrogen and oxygen atoms in total. The van der Waals surface area contributed by atoms with Gasteiger partial charge in [-0.2, -0.15) is 0 Å². The van der Waals surface area contributed by atoms with Crippen molar-refractivity contribution in [3.05, 3.63) is 60.7 Å². The number of phenolic OH excluding ortho intramolecular Hbond substituents is 1. The number of carbonyl (C=O) groups is 1. The van der Waals surface area contributed by atoms with Crippen LogP contribution in [-0.4, -0.2) is 55.7 Å². The van der Waals surface area contributed by atoms with Crippen molar-refractivity contribution in [1.82, 2.24) is 4.90 Å². The van der Waals surface area contributed by atoms with Gasteiger partial charge in [-0.25, -0.2) is 0 Å². The standard InChI is InChI=1S/C25H25N3O4/c1-31-24-14-20-19-4-2-3-5-22(19)32-23(20)15-21(24)26-25(30)16-27-10-12-28(13-11-27)17-6-8-18(29)9-7-17/h2-9,14-15,29H,10-13,16H2,1H3,(H,26,30). The molecule has 4 aromatic rings. The van der Waals surface area contributed by atoms with Crippen LogP contribution in [0, 0.1) is 0 Å². The Kier molecular flexibility index (Phi) is 5.33. The number of methoxy groups -OCH3 is 1. The van der Waals surface area contributed by atoms with E-state index in [1.807, 2.05) is 48.5 Å². The topological polar surface area (TPSA) is 78.2 Å². The molecule has 0 bridgehead atoms. The molecule has 2 N–H and O–H groups in total. The minimum absolute atomic E-state index is 0.0863. The van der Waals surface area contributed by atoms with Gasteiger partial charge in [-0.1, -0.05) is 18.2 Å². The predicted molar refractivity (Wildman–Crippen MR) is 126 cm³/mol. The van der Waals surface area contributed by atoms with E-state index in [0.717, 1.165) is 48.2 Å². The average molecular weight is 431 g/mol. The van der Waals surface area contributed by atoms with Crippen LogP contribution in [0.1, 0.15) is 0 Å². The molecule has 3 aromatic carbocycles. The van der Waals surface area contributed by atoms with E-state index in [9.17, 15) is 9.90 Å². The van der Waals surface area contributed by atoms with Crippen LogP contribution in [0.15, 0.2) is 65.1 Å². The van der Waals surface area contributed by atoms with Crippen LogP contribution in [-0.2, 0) is 4.79 Å². The maximum Gasteiger partial charge on any atom is 0.238 e. The number of phenols is 1. The highest BCUT2D eigenvalue weighted by Gasteiger charge is 2.20. The van der Waals surface area contributed by atoms with Crippen LogP contribution >= 0.6 is 0 Å². The number of carbonyl (C=O) groups excluding carboxylic acids is 1. The summed E-state index contributed by atoms with van der Waals surface area (Å²) in [5, 5.41) is 14.4. The second kappa shape index (κ2) is 8.43. The number of benzene rings is 3. The molecule has 1 fully saturated rings. The molecule has 0 unspecified atom stereocenters. The van der Waals surface area contributed by atoms with E-state index in [1.54, 1.807) is 19.2 Å². The summed E-state index contributed by atoms with van der Waals surface area (Å²) in [5.74, 6) is 0.784. The molecule has 164 valence electrons. The second-order valence-corrected chi connectivity index (χ2v) is 7.97. The summed E-state index contributed by atoms with van der Waals surface area (Å²) in [6, 6.07) is 18.8. The number of nitrogens with one attached hydrogen (secondary N) is 1. The Balaban J connectivity index is 1.25. The molecule has 5 rings (SSSR count). The van der Waals surface area contributed by atoms with E-state index >= 15 is 0 Å². The van der Waals surface area contributed by atoms with Crippen molar-refractivity contribution in [2.75, 3.05) is 50.1 Å². The summed E-state index contributed by atoms with van der Waals surface area (Å²) in [5.41, 5.74) is 3.20. The van der Waals surface area contributed by atoms with E-state index in [4.69, 9.17) is 9.15 Å². The molecule has 0 radical (unpaired) electrons. The first-order valence-electron chi connectivity index (χ1n) is 10.7. The zero-order valence-electron chi connectivity index (χ0n) is 17.9. The Bertz CT molecular complexity index is 1260. The molecule has 1 aliphatic heterocycles. The number of hydrogen-bond donors (Lipinski definition) is 2. The molecule has 0 atom stereocenters. The second-order valence-electron chi connectivity index (χ2n) is 7.97.